The summed E-state index contributed by atoms with van der Waals surface area (Å²) in [7, 11) is -0.434. The standard InChI is InChI=1S/C44H28N2O.C28H26BNO3.C22H14BrN/c1-2-13-34(14-3-1)45-41-24-19-30-11-6-7-15-36(30)44(41)47-43-25-21-33(28-42(43)45)32-20-23-40-38(27-32)37-16-8-9-17-39(37)46(40)35-22-18-29-10-4-5-12-31(29)26-35;1-27(2)28(3,4)33-29(32-27)20-15-17-25-24(18-20)30(21-11-6-5-7-12-21)23-16-14-19-10-8-9-13-22(19)26(23)31-25;23-17-10-12-22-20(14-17)19-7-3-4-8-21(19)24(22)18-11-9-15-5-1-2-6-16(15)13-18/h1-28H;5-18H,1-4H3;1-14H. The Morgan fingerprint density at radius 3 is 1.20 bits per heavy atom. The van der Waals surface area contributed by atoms with Gasteiger partial charge < -0.3 is 37.7 Å². The Hall–Kier alpha value is -12.2. The number of rotatable bonds is 6. The highest BCUT2D eigenvalue weighted by Crippen LogP contribution is 2.56. The lowest BCUT2D eigenvalue weighted by Gasteiger charge is -2.34. The molecule has 2 aromatic heterocycles. The van der Waals surface area contributed by atoms with Gasteiger partial charge in [0.15, 0.2) is 23.0 Å². The molecule has 0 radical (unpaired) electrons. The Bertz CT molecular complexity index is 6430. The summed E-state index contributed by atoms with van der Waals surface area (Å²) in [6.07, 6.45) is 0. The molecule has 0 unspecified atom stereocenters. The first-order valence-electron chi connectivity index (χ1n) is 35.4. The number of hydrogen-bond donors (Lipinski definition) is 0. The molecule has 5 heterocycles. The highest BCUT2D eigenvalue weighted by atomic mass is 79.9. The SMILES string of the molecule is Brc1ccc2c(c1)c1ccccc1n2-c1ccc2ccccc2c1.CC1(C)OB(c2ccc3c(c2)N(c2ccccc2)c2ccc4ccccc4c2O3)OC1(C)C.c1ccc(N2c3cc(-c4ccc5c(c4)c4ccccc4n5-c4ccc5ccccc5c4)ccc3Oc3c2ccc2ccccc32)cc1. The maximum atomic E-state index is 6.70. The molecule has 0 bridgehead atoms. The fourth-order valence-corrected chi connectivity index (χ4v) is 15.7. The molecule has 0 saturated carbocycles. The molecule has 0 N–H and O–H groups in total. The van der Waals surface area contributed by atoms with Crippen LogP contribution in [0.4, 0.5) is 34.1 Å². The van der Waals surface area contributed by atoms with E-state index in [4.69, 9.17) is 18.8 Å². The van der Waals surface area contributed by atoms with Gasteiger partial charge in [0.2, 0.25) is 0 Å². The summed E-state index contributed by atoms with van der Waals surface area (Å²) < 4.78 is 31.7. The van der Waals surface area contributed by atoms with E-state index in [1.54, 1.807) is 0 Å². The van der Waals surface area contributed by atoms with Crippen molar-refractivity contribution < 1.29 is 18.8 Å². The van der Waals surface area contributed by atoms with E-state index in [-0.39, 0.29) is 0 Å². The van der Waals surface area contributed by atoms with Gasteiger partial charge in [0.1, 0.15) is 0 Å². The van der Waals surface area contributed by atoms with Gasteiger partial charge in [-0.05, 0) is 204 Å². The third kappa shape index (κ3) is 10.7. The summed E-state index contributed by atoms with van der Waals surface area (Å²) in [5.41, 5.74) is 15.9. The summed E-state index contributed by atoms with van der Waals surface area (Å²) >= 11 is 3.61. The molecular formula is C94H68BBrN4O4. The predicted octanol–water partition coefficient (Wildman–Crippen LogP) is 25.7. The zero-order valence-electron chi connectivity index (χ0n) is 57.7. The van der Waals surface area contributed by atoms with E-state index < -0.39 is 18.3 Å². The topological polar surface area (TPSA) is 53.3 Å². The molecule has 1 fully saturated rings. The van der Waals surface area contributed by atoms with Gasteiger partial charge in [0.25, 0.3) is 0 Å². The molecule has 1 saturated heterocycles. The smallest absolute Gasteiger partial charge is 0.452 e. The highest BCUT2D eigenvalue weighted by Gasteiger charge is 2.52. The number of halogens is 1. The molecule has 0 aliphatic carbocycles. The summed E-state index contributed by atoms with van der Waals surface area (Å²) in [6, 6.07) is 120. The van der Waals surface area contributed by atoms with Crippen molar-refractivity contribution in [3.05, 3.63) is 344 Å². The van der Waals surface area contributed by atoms with Gasteiger partial charge in [-0.3, -0.25) is 0 Å². The van der Waals surface area contributed by atoms with Crippen molar-refractivity contribution in [2.45, 2.75) is 38.9 Å². The van der Waals surface area contributed by atoms with Gasteiger partial charge in [-0.15, -0.1) is 0 Å². The third-order valence-electron chi connectivity index (χ3n) is 21.2. The summed E-state index contributed by atoms with van der Waals surface area (Å²) in [4.78, 5) is 4.59. The summed E-state index contributed by atoms with van der Waals surface area (Å²) in [5.74, 6) is 3.40. The lowest BCUT2D eigenvalue weighted by molar-refractivity contribution is 0.00578. The van der Waals surface area contributed by atoms with Crippen LogP contribution >= 0.6 is 15.9 Å². The van der Waals surface area contributed by atoms with E-state index in [9.17, 15) is 0 Å². The van der Waals surface area contributed by atoms with Crippen LogP contribution in [0.3, 0.4) is 0 Å². The van der Waals surface area contributed by atoms with E-state index >= 15 is 0 Å². The van der Waals surface area contributed by atoms with Crippen molar-refractivity contribution in [2.24, 2.45) is 0 Å². The number of ether oxygens (including phenoxy) is 2. The summed E-state index contributed by atoms with van der Waals surface area (Å²) in [5, 5.41) is 14.6. The van der Waals surface area contributed by atoms with Gasteiger partial charge in [0, 0.05) is 59.5 Å². The Kier molecular flexibility index (Phi) is 15.2. The first-order chi connectivity index (χ1) is 50.9. The molecule has 0 spiro atoms. The van der Waals surface area contributed by atoms with Crippen LogP contribution in [-0.4, -0.2) is 27.5 Å². The van der Waals surface area contributed by atoms with Crippen molar-refractivity contribution in [1.82, 2.24) is 9.13 Å². The Labute approximate surface area is 611 Å². The largest absolute Gasteiger partial charge is 0.494 e. The molecule has 16 aromatic carbocycles. The van der Waals surface area contributed by atoms with Crippen LogP contribution in [0.2, 0.25) is 0 Å². The van der Waals surface area contributed by atoms with Crippen LogP contribution in [0, 0.1) is 0 Å². The molecule has 3 aliphatic heterocycles. The Morgan fingerprint density at radius 1 is 0.279 bits per heavy atom. The molecule has 10 heteroatoms. The Morgan fingerprint density at radius 2 is 0.673 bits per heavy atom. The average Bonchev–Trinajstić information content (AvgIpc) is 0.750. The van der Waals surface area contributed by atoms with E-state index in [0.717, 1.165) is 94.2 Å². The molecule has 3 aliphatic rings. The fraction of sp³-hybridized carbons (Fsp3) is 0.0638. The second kappa shape index (κ2) is 25.1. The minimum Gasteiger partial charge on any atom is -0.452 e. The first kappa shape index (κ1) is 62.8. The molecular weight excluding hydrogens is 1340 g/mol. The number of benzene rings is 16. The number of aromatic nitrogens is 2. The Balaban J connectivity index is 0.000000114. The van der Waals surface area contributed by atoms with Gasteiger partial charge in [-0.25, -0.2) is 0 Å². The molecule has 21 rings (SSSR count). The van der Waals surface area contributed by atoms with E-state index in [1.807, 2.05) is 18.2 Å². The molecule has 0 atom stereocenters. The van der Waals surface area contributed by atoms with Crippen LogP contribution in [0.5, 0.6) is 23.0 Å². The van der Waals surface area contributed by atoms with Crippen LogP contribution in [0.15, 0.2) is 344 Å². The van der Waals surface area contributed by atoms with Crippen molar-refractivity contribution in [1.29, 1.82) is 0 Å². The van der Waals surface area contributed by atoms with Gasteiger partial charge in [0.05, 0.1) is 56.0 Å². The van der Waals surface area contributed by atoms with E-state index in [0.29, 0.717) is 0 Å². The van der Waals surface area contributed by atoms with Crippen molar-refractivity contribution >= 4 is 149 Å². The normalized spacial score (nSPS) is 14.0. The van der Waals surface area contributed by atoms with E-state index in [1.165, 1.54) is 82.1 Å². The number of nitrogens with zero attached hydrogens (tertiary/aromatic N) is 4. The molecule has 104 heavy (non-hydrogen) atoms. The van der Waals surface area contributed by atoms with Crippen molar-refractivity contribution in [2.75, 3.05) is 9.80 Å². The second-order valence-electron chi connectivity index (χ2n) is 28.0. The lowest BCUT2D eigenvalue weighted by Crippen LogP contribution is -2.41. The quantitative estimate of drug-likeness (QED) is 0.155. The monoisotopic (exact) mass is 1410 g/mol. The molecule has 18 aromatic rings. The van der Waals surface area contributed by atoms with Gasteiger partial charge in [-0.1, -0.05) is 228 Å². The number of hydrogen-bond acceptors (Lipinski definition) is 6. The first-order valence-corrected chi connectivity index (χ1v) is 36.2. The zero-order valence-corrected chi connectivity index (χ0v) is 59.3. The lowest BCUT2D eigenvalue weighted by atomic mass is 9.78. The minimum atomic E-state index is -0.434. The number of anilines is 6. The zero-order chi connectivity index (χ0) is 69.8. The van der Waals surface area contributed by atoms with Gasteiger partial charge >= 0.3 is 7.12 Å². The summed E-state index contributed by atoms with van der Waals surface area (Å²) in [6.45, 7) is 8.30. The van der Waals surface area contributed by atoms with Crippen molar-refractivity contribution in [3.8, 4) is 45.5 Å². The molecule has 8 nitrogen and oxygen atoms in total. The van der Waals surface area contributed by atoms with Crippen LogP contribution in [0.1, 0.15) is 27.7 Å². The maximum Gasteiger partial charge on any atom is 0.494 e. The predicted molar refractivity (Wildman–Crippen MR) is 436 cm³/mol. The average molecular weight is 1410 g/mol. The number of fused-ring (bicyclic) bond motifs is 16. The molecule has 0 amide bonds. The van der Waals surface area contributed by atoms with Crippen LogP contribution < -0.4 is 24.7 Å². The third-order valence-corrected chi connectivity index (χ3v) is 21.7. The van der Waals surface area contributed by atoms with E-state index in [2.05, 4.69) is 384 Å². The number of para-hydroxylation sites is 4. The van der Waals surface area contributed by atoms with Gasteiger partial charge in [-0.2, -0.15) is 0 Å². The maximum absolute atomic E-state index is 6.70. The second-order valence-corrected chi connectivity index (χ2v) is 28.9. The molecule has 498 valence electrons. The minimum absolute atomic E-state index is 0.394. The van der Waals surface area contributed by atoms with Crippen molar-refractivity contribution in [3.63, 3.8) is 0 Å². The highest BCUT2D eigenvalue weighted by molar-refractivity contribution is 9.10. The van der Waals surface area contributed by atoms with Crippen LogP contribution in [0.25, 0.3) is 109 Å². The van der Waals surface area contributed by atoms with Crippen LogP contribution in [-0.2, 0) is 9.31 Å². The fourth-order valence-electron chi connectivity index (χ4n) is 15.4.